The summed E-state index contributed by atoms with van der Waals surface area (Å²) in [6.45, 7) is 10.1. The molecule has 346 valence electrons. The van der Waals surface area contributed by atoms with Crippen molar-refractivity contribution < 1.29 is 52.0 Å². The molecule has 1 atom stereocenters. The number of nitrogens with zero attached hydrogens (tertiary/aromatic N) is 4. The van der Waals surface area contributed by atoms with Crippen LogP contribution in [0.2, 0.25) is 0 Å². The number of aromatic nitrogens is 2. The van der Waals surface area contributed by atoms with Crippen LogP contribution in [0.5, 0.6) is 5.75 Å². The van der Waals surface area contributed by atoms with Crippen LogP contribution in [-0.4, -0.2) is 95.0 Å². The number of fused-ring (bicyclic) bond motifs is 1. The molecule has 3 heterocycles. The van der Waals surface area contributed by atoms with E-state index in [1.54, 1.807) is 62.5 Å². The summed E-state index contributed by atoms with van der Waals surface area (Å²) in [6, 6.07) is 6.48. The molecule has 3 amide bonds. The Hall–Kier alpha value is -4.86. The second-order valence-electron chi connectivity index (χ2n) is 18.9. The zero-order chi connectivity index (χ0) is 49.4. The van der Waals surface area contributed by atoms with Crippen LogP contribution in [0.3, 0.4) is 0 Å². The van der Waals surface area contributed by atoms with Gasteiger partial charge in [0.1, 0.15) is 28.6 Å². The van der Waals surface area contributed by atoms with Crippen molar-refractivity contribution in [2.45, 2.75) is 142 Å². The molecular formula is C47H65F3N6O7. The number of piperidine rings is 2. The summed E-state index contributed by atoms with van der Waals surface area (Å²) >= 11 is 0. The third kappa shape index (κ3) is 12.9. The summed E-state index contributed by atoms with van der Waals surface area (Å²) in [4.78, 5) is 50.9. The molecule has 16 heteroatoms. The maximum atomic E-state index is 14.1. The Kier molecular flexibility index (Phi) is 13.0. The minimum Gasteiger partial charge on any atom is -0.496 e. The van der Waals surface area contributed by atoms with Gasteiger partial charge in [-0.3, -0.25) is 10.1 Å². The normalized spacial score (nSPS) is 22.5. The molecule has 1 aliphatic carbocycles. The third-order valence-corrected chi connectivity index (χ3v) is 11.5. The summed E-state index contributed by atoms with van der Waals surface area (Å²) in [5.74, 6) is 1.62. The van der Waals surface area contributed by atoms with Crippen molar-refractivity contribution >= 4 is 40.5 Å². The van der Waals surface area contributed by atoms with Gasteiger partial charge in [0.05, 0.1) is 30.3 Å². The van der Waals surface area contributed by atoms with E-state index in [-0.39, 0.29) is 47.8 Å². The quantitative estimate of drug-likeness (QED) is 0.202. The lowest BCUT2D eigenvalue weighted by molar-refractivity contribution is -0.139. The Morgan fingerprint density at radius 2 is 1.51 bits per heavy atom. The predicted molar refractivity (Wildman–Crippen MR) is 235 cm³/mol. The van der Waals surface area contributed by atoms with Crippen LogP contribution in [0.1, 0.15) is 140 Å². The van der Waals surface area contributed by atoms with Gasteiger partial charge in [0.2, 0.25) is 5.91 Å². The highest BCUT2D eigenvalue weighted by molar-refractivity contribution is 5.91. The van der Waals surface area contributed by atoms with Gasteiger partial charge in [0.25, 0.3) is 0 Å². The molecule has 1 aromatic heterocycles. The number of carbonyl (C=O) groups excluding carboxylic acids is 3. The van der Waals surface area contributed by atoms with E-state index < -0.39 is 60.3 Å². The average Bonchev–Trinajstić information content (AvgIpc) is 3.19. The second-order valence-corrected chi connectivity index (χ2v) is 18.9. The van der Waals surface area contributed by atoms with Crippen LogP contribution in [0.25, 0.3) is 10.9 Å². The summed E-state index contributed by atoms with van der Waals surface area (Å²) < 4.78 is 98.9. The molecule has 3 aromatic rings. The first-order valence-corrected chi connectivity index (χ1v) is 21.8. The molecule has 0 unspecified atom stereocenters. The lowest BCUT2D eigenvalue weighted by atomic mass is 9.77. The Morgan fingerprint density at radius 1 is 0.857 bits per heavy atom. The van der Waals surface area contributed by atoms with Gasteiger partial charge in [0, 0.05) is 61.2 Å². The van der Waals surface area contributed by atoms with E-state index >= 15 is 0 Å². The number of carbonyl (C=O) groups is 3. The number of anilines is 2. The van der Waals surface area contributed by atoms with Crippen molar-refractivity contribution in [3.05, 3.63) is 52.8 Å². The molecule has 0 radical (unpaired) electrons. The van der Waals surface area contributed by atoms with Gasteiger partial charge in [-0.1, -0.05) is 0 Å². The number of hydrogen-bond acceptors (Lipinski definition) is 10. The van der Waals surface area contributed by atoms with Gasteiger partial charge in [-0.25, -0.2) is 19.6 Å². The third-order valence-electron chi connectivity index (χ3n) is 11.5. The molecule has 3 fully saturated rings. The zero-order valence-electron chi connectivity index (χ0n) is 41.8. The van der Waals surface area contributed by atoms with E-state index in [4.69, 9.17) is 24.4 Å². The number of likely N-dealkylation sites (tertiary alicyclic amines) is 2. The fraction of sp³-hybridized carbons (Fsp3) is 0.638. The molecule has 13 nitrogen and oxygen atoms in total. The largest absolute Gasteiger partial charge is 0.496 e. The zero-order valence-corrected chi connectivity index (χ0v) is 37.8. The minimum atomic E-state index is -4.68. The van der Waals surface area contributed by atoms with E-state index in [0.29, 0.717) is 78.6 Å². The molecule has 2 aromatic carbocycles. The molecule has 6 rings (SSSR count). The first kappa shape index (κ1) is 42.1. The number of rotatable bonds is 10. The van der Waals surface area contributed by atoms with Crippen LogP contribution in [0, 0.1) is 18.8 Å². The highest BCUT2D eigenvalue weighted by atomic mass is 19.4. The summed E-state index contributed by atoms with van der Waals surface area (Å²) in [6.07, 6.45) is -3.56. The van der Waals surface area contributed by atoms with Gasteiger partial charge in [-0.2, -0.15) is 13.2 Å². The molecule has 2 aliphatic heterocycles. The van der Waals surface area contributed by atoms with Crippen molar-refractivity contribution in [3.8, 4) is 5.75 Å². The number of alkyl halides is 3. The van der Waals surface area contributed by atoms with Crippen LogP contribution < -0.4 is 15.4 Å². The monoisotopic (exact) mass is 887 g/mol. The lowest BCUT2D eigenvalue weighted by Gasteiger charge is -2.37. The minimum absolute atomic E-state index is 0.0520. The van der Waals surface area contributed by atoms with Crippen LogP contribution in [0.4, 0.5) is 34.3 Å². The maximum Gasteiger partial charge on any atom is 0.416 e. The Morgan fingerprint density at radius 3 is 2.11 bits per heavy atom. The van der Waals surface area contributed by atoms with Crippen molar-refractivity contribution in [2.75, 3.05) is 50.4 Å². The maximum absolute atomic E-state index is 14.1. The van der Waals surface area contributed by atoms with Gasteiger partial charge >= 0.3 is 18.4 Å². The number of hydrogen-bond donors (Lipinski definition) is 2. The molecule has 3 aliphatic rings. The Balaban J connectivity index is 1.07. The molecule has 1 saturated carbocycles. The summed E-state index contributed by atoms with van der Waals surface area (Å²) in [7, 11) is 1.59. The lowest BCUT2D eigenvalue weighted by Crippen LogP contribution is -2.45. The smallest absolute Gasteiger partial charge is 0.416 e. The van der Waals surface area contributed by atoms with E-state index in [1.807, 2.05) is 17.0 Å². The van der Waals surface area contributed by atoms with Crippen molar-refractivity contribution in [2.24, 2.45) is 11.8 Å². The van der Waals surface area contributed by atoms with Crippen molar-refractivity contribution in [1.29, 1.82) is 0 Å². The highest BCUT2D eigenvalue weighted by Gasteiger charge is 2.35. The summed E-state index contributed by atoms with van der Waals surface area (Å²) in [5, 5.41) is 6.39. The van der Waals surface area contributed by atoms with E-state index in [0.717, 1.165) is 30.5 Å². The van der Waals surface area contributed by atoms with Crippen molar-refractivity contribution in [1.82, 2.24) is 19.8 Å². The van der Waals surface area contributed by atoms with Gasteiger partial charge in [-0.15, -0.1) is 0 Å². The van der Waals surface area contributed by atoms with E-state index in [2.05, 4.69) is 20.6 Å². The predicted octanol–water partition coefficient (Wildman–Crippen LogP) is 10.4. The highest BCUT2D eigenvalue weighted by Crippen LogP contribution is 2.43. The number of nitrogens with one attached hydrogen (secondary N) is 2. The molecule has 0 spiro atoms. The SMILES string of the molecule is [2H]C1([2H])CC(OCC2CCN(C(=O)C3CCC(c4cc5c(N[C@H](C)c6cc(NC(=O)OC(C)(C)C)cc(C(F)(F)F)c6)nc(C)nc5cc4OC)CC3)CC2)CC([2H])([2H])N1C(=O)OC(C)(C)C. The number of halogens is 3. The number of amides is 3. The van der Waals surface area contributed by atoms with Crippen LogP contribution >= 0.6 is 0 Å². The van der Waals surface area contributed by atoms with Gasteiger partial charge < -0.3 is 34.1 Å². The molecule has 2 N–H and O–H groups in total. The number of benzene rings is 2. The Bertz CT molecular complexity index is 2270. The number of methoxy groups -OCH3 is 1. The average molecular weight is 887 g/mol. The van der Waals surface area contributed by atoms with Gasteiger partial charge in [-0.05, 0) is 154 Å². The van der Waals surface area contributed by atoms with E-state index in [1.165, 1.54) is 6.07 Å². The topological polar surface area (TPSA) is 144 Å². The molecular weight excluding hydrogens is 818 g/mol. The van der Waals surface area contributed by atoms with Crippen molar-refractivity contribution in [3.63, 3.8) is 0 Å². The second kappa shape index (κ2) is 19.5. The first-order chi connectivity index (χ1) is 31.0. The summed E-state index contributed by atoms with van der Waals surface area (Å²) in [5.41, 5.74) is -1.01. The van der Waals surface area contributed by atoms with Crippen LogP contribution in [-0.2, 0) is 25.2 Å². The van der Waals surface area contributed by atoms with Crippen LogP contribution in [0.15, 0.2) is 30.3 Å². The molecule has 2 saturated heterocycles. The molecule has 63 heavy (non-hydrogen) atoms. The fourth-order valence-corrected chi connectivity index (χ4v) is 8.31. The Labute approximate surface area is 374 Å². The van der Waals surface area contributed by atoms with Gasteiger partial charge in [0.15, 0.2) is 0 Å². The fourth-order valence-electron chi connectivity index (χ4n) is 8.31. The number of aryl methyl sites for hydroxylation is 1. The first-order valence-electron chi connectivity index (χ1n) is 23.8. The molecule has 0 bridgehead atoms. The number of ether oxygens (including phenoxy) is 4. The van der Waals surface area contributed by atoms with E-state index in [9.17, 15) is 27.6 Å². The standard InChI is InChI=1S/C47H65F3N6O7/c1-28(33-22-34(47(48,49)50)24-35(23-33)54-43(58)62-45(3,4)5)51-41-38-25-37(40(60-9)26-39(38)52-29(2)53-41)31-10-12-32(13-11-31)42(57)55-18-14-30(15-19-55)27-61-36-16-20-56(21-17-36)44(59)63-46(6,7)8/h22-26,28,30-32,36H,10-21,27H2,1-9H3,(H,54,58)(H,51,52,53)/t28-,31?,32?/m1/s1/i20D2,21D2.